The van der Waals surface area contributed by atoms with E-state index in [0.717, 1.165) is 12.1 Å². The van der Waals surface area contributed by atoms with Crippen LogP contribution < -0.4 is 9.47 Å². The molecule has 0 aromatic heterocycles. The van der Waals surface area contributed by atoms with E-state index in [2.05, 4.69) is 0 Å². The summed E-state index contributed by atoms with van der Waals surface area (Å²) >= 11 is 0. The van der Waals surface area contributed by atoms with Crippen LogP contribution in [-0.4, -0.2) is 17.9 Å². The van der Waals surface area contributed by atoms with E-state index in [-0.39, 0.29) is 18.3 Å². The average Bonchev–Trinajstić information content (AvgIpc) is 2.48. The number of benzene rings is 1. The van der Waals surface area contributed by atoms with Crippen LogP contribution in [0.2, 0.25) is 0 Å². The largest absolute Gasteiger partial charge is 0.478 e. The minimum atomic E-state index is -1.32. The molecule has 1 aliphatic rings. The number of hydrogen-bond acceptors (Lipinski definition) is 3. The lowest BCUT2D eigenvalue weighted by molar-refractivity contribution is 0.0691. The number of hydrogen-bond donors (Lipinski definition) is 1. The first kappa shape index (κ1) is 7.85. The predicted octanol–water partition coefficient (Wildman–Crippen LogP) is 1.25. The summed E-state index contributed by atoms with van der Waals surface area (Å²) < 4.78 is 22.7. The van der Waals surface area contributed by atoms with E-state index in [1.54, 1.807) is 0 Å². The van der Waals surface area contributed by atoms with E-state index < -0.39 is 17.3 Å². The average molecular weight is 184 g/mol. The maximum atomic E-state index is 13.0. The van der Waals surface area contributed by atoms with Crippen LogP contribution in [-0.2, 0) is 0 Å². The van der Waals surface area contributed by atoms with Gasteiger partial charge in [-0.25, -0.2) is 9.18 Å². The van der Waals surface area contributed by atoms with Gasteiger partial charge in [0.1, 0.15) is 5.82 Å². The molecule has 0 saturated carbocycles. The second kappa shape index (κ2) is 2.62. The van der Waals surface area contributed by atoms with Gasteiger partial charge in [0.15, 0.2) is 11.5 Å². The first-order chi connectivity index (χ1) is 6.18. The molecule has 0 bridgehead atoms. The number of aromatic carboxylic acids is 1. The Bertz CT molecular complexity index is 375. The summed E-state index contributed by atoms with van der Waals surface area (Å²) in [6, 6.07) is 2.12. The highest BCUT2D eigenvalue weighted by Crippen LogP contribution is 2.34. The molecule has 0 spiro atoms. The predicted molar refractivity (Wildman–Crippen MR) is 39.5 cm³/mol. The molecular weight excluding hydrogens is 179 g/mol. The van der Waals surface area contributed by atoms with Crippen molar-refractivity contribution in [2.45, 2.75) is 0 Å². The summed E-state index contributed by atoms with van der Waals surface area (Å²) in [6.07, 6.45) is 0. The van der Waals surface area contributed by atoms with Crippen molar-refractivity contribution in [1.82, 2.24) is 0 Å². The molecule has 0 radical (unpaired) electrons. The first-order valence-corrected chi connectivity index (χ1v) is 3.51. The van der Waals surface area contributed by atoms with E-state index in [0.29, 0.717) is 0 Å². The lowest BCUT2D eigenvalue weighted by Gasteiger charge is -1.99. The molecule has 1 N–H and O–H groups in total. The molecule has 13 heavy (non-hydrogen) atoms. The molecule has 4 nitrogen and oxygen atoms in total. The van der Waals surface area contributed by atoms with Crippen molar-refractivity contribution in [3.63, 3.8) is 0 Å². The Morgan fingerprint density at radius 1 is 1.38 bits per heavy atom. The van der Waals surface area contributed by atoms with Crippen molar-refractivity contribution in [3.8, 4) is 11.5 Å². The summed E-state index contributed by atoms with van der Waals surface area (Å²) in [5.41, 5.74) is -0.413. The van der Waals surface area contributed by atoms with Gasteiger partial charge in [-0.15, -0.1) is 0 Å². The van der Waals surface area contributed by atoms with Crippen LogP contribution in [0, 0.1) is 5.82 Å². The Kier molecular flexibility index (Phi) is 1.58. The fourth-order valence-electron chi connectivity index (χ4n) is 1.08. The summed E-state index contributed by atoms with van der Waals surface area (Å²) in [7, 11) is 0. The second-order valence-corrected chi connectivity index (χ2v) is 2.49. The zero-order valence-corrected chi connectivity index (χ0v) is 6.41. The number of rotatable bonds is 1. The van der Waals surface area contributed by atoms with Gasteiger partial charge in [-0.2, -0.15) is 0 Å². The fourth-order valence-corrected chi connectivity index (χ4v) is 1.08. The van der Waals surface area contributed by atoms with Crippen molar-refractivity contribution >= 4 is 5.97 Å². The molecule has 0 aliphatic carbocycles. The van der Waals surface area contributed by atoms with Gasteiger partial charge in [0, 0.05) is 12.1 Å². The van der Waals surface area contributed by atoms with Gasteiger partial charge in [0.2, 0.25) is 6.79 Å². The van der Waals surface area contributed by atoms with E-state index in [1.807, 2.05) is 0 Å². The van der Waals surface area contributed by atoms with Crippen LogP contribution >= 0.6 is 0 Å². The highest BCUT2D eigenvalue weighted by molar-refractivity contribution is 5.88. The van der Waals surface area contributed by atoms with Crippen LogP contribution in [0.4, 0.5) is 4.39 Å². The van der Waals surface area contributed by atoms with Gasteiger partial charge >= 0.3 is 5.97 Å². The van der Waals surface area contributed by atoms with Crippen molar-refractivity contribution in [2.75, 3.05) is 6.79 Å². The molecule has 2 rings (SSSR count). The summed E-state index contributed by atoms with van der Waals surface area (Å²) in [5, 5.41) is 8.56. The van der Waals surface area contributed by atoms with Crippen LogP contribution in [0.25, 0.3) is 0 Å². The van der Waals surface area contributed by atoms with E-state index in [9.17, 15) is 9.18 Å². The molecule has 0 amide bonds. The summed E-state index contributed by atoms with van der Waals surface area (Å²) in [4.78, 5) is 10.5. The van der Waals surface area contributed by atoms with E-state index in [1.165, 1.54) is 0 Å². The number of carboxylic acids is 1. The maximum Gasteiger partial charge on any atom is 0.338 e. The Labute approximate surface area is 72.5 Å². The zero-order valence-electron chi connectivity index (χ0n) is 6.41. The van der Waals surface area contributed by atoms with Crippen molar-refractivity contribution in [1.29, 1.82) is 0 Å². The first-order valence-electron chi connectivity index (χ1n) is 3.51. The van der Waals surface area contributed by atoms with Crippen LogP contribution in [0.15, 0.2) is 12.1 Å². The summed E-state index contributed by atoms with van der Waals surface area (Å²) in [5.74, 6) is -1.64. The minimum absolute atomic E-state index is 0.00214. The molecule has 0 atom stereocenters. The third-order valence-corrected chi connectivity index (χ3v) is 1.69. The Morgan fingerprint density at radius 2 is 2.00 bits per heavy atom. The molecule has 1 aliphatic heterocycles. The van der Waals surface area contributed by atoms with Crippen LogP contribution in [0.3, 0.4) is 0 Å². The molecular formula is C8H5FO4. The number of carbonyl (C=O) groups is 1. The lowest BCUT2D eigenvalue weighted by Crippen LogP contribution is -1.99. The lowest BCUT2D eigenvalue weighted by atomic mass is 10.2. The Balaban J connectivity index is 2.55. The quantitative estimate of drug-likeness (QED) is 0.713. The summed E-state index contributed by atoms with van der Waals surface area (Å²) in [6.45, 7) is -0.00214. The number of ether oxygens (including phenoxy) is 2. The molecule has 1 aromatic rings. The van der Waals surface area contributed by atoms with Crippen molar-refractivity contribution < 1.29 is 23.8 Å². The van der Waals surface area contributed by atoms with Gasteiger partial charge in [0.25, 0.3) is 0 Å². The zero-order chi connectivity index (χ0) is 9.42. The molecule has 0 fully saturated rings. The highest BCUT2D eigenvalue weighted by atomic mass is 19.1. The molecule has 0 unspecified atom stereocenters. The third kappa shape index (κ3) is 1.18. The fraction of sp³-hybridized carbons (Fsp3) is 0.125. The van der Waals surface area contributed by atoms with Crippen molar-refractivity contribution in [3.05, 3.63) is 23.5 Å². The van der Waals surface area contributed by atoms with Gasteiger partial charge in [-0.3, -0.25) is 0 Å². The smallest absolute Gasteiger partial charge is 0.338 e. The molecule has 68 valence electrons. The van der Waals surface area contributed by atoms with E-state index >= 15 is 0 Å². The Morgan fingerprint density at radius 3 is 2.62 bits per heavy atom. The number of fused-ring (bicyclic) bond motifs is 1. The van der Waals surface area contributed by atoms with Gasteiger partial charge < -0.3 is 14.6 Å². The maximum absolute atomic E-state index is 13.0. The molecule has 1 heterocycles. The molecule has 1 aromatic carbocycles. The van der Waals surface area contributed by atoms with Crippen molar-refractivity contribution in [2.24, 2.45) is 0 Å². The highest BCUT2D eigenvalue weighted by Gasteiger charge is 2.20. The normalized spacial score (nSPS) is 13.0. The number of halogens is 1. The standard InChI is InChI=1S/C8H5FO4/c9-5-2-7-6(12-3-13-7)1-4(5)8(10)11/h1-2H,3H2,(H,10,11). The Hall–Kier alpha value is -1.78. The number of carboxylic acid groups (broad SMARTS) is 1. The van der Waals surface area contributed by atoms with Gasteiger partial charge in [-0.05, 0) is 0 Å². The SMILES string of the molecule is O=C(O)c1cc2c(cc1F)OCO2. The van der Waals surface area contributed by atoms with Crippen LogP contribution in [0.5, 0.6) is 11.5 Å². The topological polar surface area (TPSA) is 55.8 Å². The van der Waals surface area contributed by atoms with E-state index in [4.69, 9.17) is 14.6 Å². The molecule has 5 heteroatoms. The molecule has 0 saturated heterocycles. The van der Waals surface area contributed by atoms with Crippen LogP contribution in [0.1, 0.15) is 10.4 Å². The third-order valence-electron chi connectivity index (χ3n) is 1.69. The minimum Gasteiger partial charge on any atom is -0.478 e. The van der Waals surface area contributed by atoms with Gasteiger partial charge in [-0.1, -0.05) is 0 Å². The monoisotopic (exact) mass is 184 g/mol. The second-order valence-electron chi connectivity index (χ2n) is 2.49. The van der Waals surface area contributed by atoms with Gasteiger partial charge in [0.05, 0.1) is 5.56 Å².